The first-order valence-corrected chi connectivity index (χ1v) is 8.93. The predicted octanol–water partition coefficient (Wildman–Crippen LogP) is 4.93. The van der Waals surface area contributed by atoms with Gasteiger partial charge in [-0.15, -0.1) is 0 Å². The van der Waals surface area contributed by atoms with Crippen molar-refractivity contribution in [3.05, 3.63) is 45.5 Å². The lowest BCUT2D eigenvalue weighted by Gasteiger charge is -2.13. The summed E-state index contributed by atoms with van der Waals surface area (Å²) >= 11 is 12.4. The highest BCUT2D eigenvalue weighted by Crippen LogP contribution is 2.28. The number of hydrogen-bond donors (Lipinski definition) is 0. The van der Waals surface area contributed by atoms with Crippen LogP contribution in [0.2, 0.25) is 10.2 Å². The number of ether oxygens (including phenoxy) is 1. The number of halogens is 2. The molecule has 0 spiro atoms. The first-order valence-electron chi connectivity index (χ1n) is 8.17. The molecule has 1 fully saturated rings. The van der Waals surface area contributed by atoms with E-state index in [1.165, 1.54) is 25.7 Å². The summed E-state index contributed by atoms with van der Waals surface area (Å²) in [5.41, 5.74) is 1.26. The maximum Gasteiger partial charge on any atom is 0.169 e. The standard InChI is InChI=1S/C18H20Cl2N2O2/c1-12-21-18(20)17(10-23)22(12)9-14-6-7-15(8-16(14)19)24-11-13-4-2-3-5-13/h6-8,10,13H,2-5,9,11H2,1H3. The Morgan fingerprint density at radius 1 is 1.33 bits per heavy atom. The van der Waals surface area contributed by atoms with Crippen LogP contribution >= 0.6 is 23.2 Å². The second kappa shape index (κ2) is 7.58. The third-order valence-electron chi connectivity index (χ3n) is 4.58. The molecule has 1 aliphatic carbocycles. The van der Waals surface area contributed by atoms with Crippen molar-refractivity contribution in [2.24, 2.45) is 5.92 Å². The summed E-state index contributed by atoms with van der Waals surface area (Å²) < 4.78 is 7.63. The van der Waals surface area contributed by atoms with Crippen LogP contribution in [0, 0.1) is 12.8 Å². The van der Waals surface area contributed by atoms with Crippen LogP contribution in [0.25, 0.3) is 0 Å². The normalized spacial score (nSPS) is 15.0. The average molecular weight is 367 g/mol. The molecule has 3 rings (SSSR count). The Hall–Kier alpha value is -1.52. The highest BCUT2D eigenvalue weighted by atomic mass is 35.5. The molecule has 0 saturated heterocycles. The molecule has 0 bridgehead atoms. The zero-order chi connectivity index (χ0) is 17.1. The van der Waals surface area contributed by atoms with E-state index < -0.39 is 0 Å². The van der Waals surface area contributed by atoms with Gasteiger partial charge >= 0.3 is 0 Å². The van der Waals surface area contributed by atoms with Gasteiger partial charge in [0, 0.05) is 5.02 Å². The van der Waals surface area contributed by atoms with E-state index >= 15 is 0 Å². The molecule has 1 aromatic carbocycles. The van der Waals surface area contributed by atoms with Gasteiger partial charge in [0.2, 0.25) is 0 Å². The Labute approximate surface area is 151 Å². The summed E-state index contributed by atoms with van der Waals surface area (Å²) in [6.45, 7) is 3.01. The smallest absolute Gasteiger partial charge is 0.169 e. The number of hydrogen-bond acceptors (Lipinski definition) is 3. The van der Waals surface area contributed by atoms with Crippen molar-refractivity contribution in [1.82, 2.24) is 9.55 Å². The maximum absolute atomic E-state index is 11.2. The Morgan fingerprint density at radius 3 is 2.75 bits per heavy atom. The quantitative estimate of drug-likeness (QED) is 0.680. The Balaban J connectivity index is 1.72. The largest absolute Gasteiger partial charge is 0.493 e. The summed E-state index contributed by atoms with van der Waals surface area (Å²) in [6.07, 6.45) is 5.83. The zero-order valence-electron chi connectivity index (χ0n) is 13.6. The molecular weight excluding hydrogens is 347 g/mol. The topological polar surface area (TPSA) is 44.1 Å². The van der Waals surface area contributed by atoms with E-state index in [2.05, 4.69) is 4.98 Å². The van der Waals surface area contributed by atoms with Crippen molar-refractivity contribution in [1.29, 1.82) is 0 Å². The molecule has 0 unspecified atom stereocenters. The van der Waals surface area contributed by atoms with Crippen LogP contribution < -0.4 is 4.74 Å². The van der Waals surface area contributed by atoms with Gasteiger partial charge in [0.15, 0.2) is 11.4 Å². The summed E-state index contributed by atoms with van der Waals surface area (Å²) in [7, 11) is 0. The molecule has 4 nitrogen and oxygen atoms in total. The monoisotopic (exact) mass is 366 g/mol. The SMILES string of the molecule is Cc1nc(Cl)c(C=O)n1Cc1ccc(OCC2CCCC2)cc1Cl. The summed E-state index contributed by atoms with van der Waals surface area (Å²) in [4.78, 5) is 15.3. The molecule has 1 aliphatic rings. The van der Waals surface area contributed by atoms with Crippen LogP contribution in [0.4, 0.5) is 0 Å². The second-order valence-electron chi connectivity index (χ2n) is 6.25. The Morgan fingerprint density at radius 2 is 2.08 bits per heavy atom. The van der Waals surface area contributed by atoms with Gasteiger partial charge in [0.25, 0.3) is 0 Å². The molecule has 0 N–H and O–H groups in total. The first-order chi connectivity index (χ1) is 11.6. The lowest BCUT2D eigenvalue weighted by atomic mass is 10.1. The van der Waals surface area contributed by atoms with Gasteiger partial charge in [-0.2, -0.15) is 0 Å². The molecule has 0 amide bonds. The van der Waals surface area contributed by atoms with Crippen LogP contribution in [0.1, 0.15) is 47.6 Å². The van der Waals surface area contributed by atoms with Crippen LogP contribution in [0.15, 0.2) is 18.2 Å². The first kappa shape index (κ1) is 17.3. The van der Waals surface area contributed by atoms with Gasteiger partial charge in [-0.05, 0) is 43.4 Å². The van der Waals surface area contributed by atoms with Gasteiger partial charge in [-0.3, -0.25) is 4.79 Å². The number of rotatable bonds is 6. The fourth-order valence-electron chi connectivity index (χ4n) is 3.16. The molecule has 2 aromatic rings. The Kier molecular flexibility index (Phi) is 5.47. The lowest BCUT2D eigenvalue weighted by Crippen LogP contribution is -2.09. The van der Waals surface area contributed by atoms with Gasteiger partial charge in [-0.25, -0.2) is 4.98 Å². The highest BCUT2D eigenvalue weighted by molar-refractivity contribution is 6.32. The average Bonchev–Trinajstić information content (AvgIpc) is 3.16. The van der Waals surface area contributed by atoms with Crippen molar-refractivity contribution in [2.75, 3.05) is 6.61 Å². The third-order valence-corrected chi connectivity index (χ3v) is 5.21. The van der Waals surface area contributed by atoms with E-state index in [1.807, 2.05) is 25.1 Å². The van der Waals surface area contributed by atoms with E-state index in [0.29, 0.717) is 29.0 Å². The fraction of sp³-hybridized carbons (Fsp3) is 0.444. The van der Waals surface area contributed by atoms with Crippen molar-refractivity contribution in [3.63, 3.8) is 0 Å². The Bertz CT molecular complexity index is 737. The molecule has 1 heterocycles. The minimum atomic E-state index is 0.218. The molecule has 6 heteroatoms. The maximum atomic E-state index is 11.2. The number of carbonyl (C=O) groups is 1. The molecule has 0 radical (unpaired) electrons. The summed E-state index contributed by atoms with van der Waals surface area (Å²) in [6, 6.07) is 5.68. The van der Waals surface area contributed by atoms with Crippen molar-refractivity contribution in [2.45, 2.75) is 39.2 Å². The van der Waals surface area contributed by atoms with E-state index in [-0.39, 0.29) is 5.15 Å². The molecule has 0 aliphatic heterocycles. The van der Waals surface area contributed by atoms with E-state index in [1.54, 1.807) is 4.57 Å². The minimum Gasteiger partial charge on any atom is -0.493 e. The molecule has 24 heavy (non-hydrogen) atoms. The number of aromatic nitrogens is 2. The number of carbonyl (C=O) groups excluding carboxylic acids is 1. The van der Waals surface area contributed by atoms with Crippen molar-refractivity contribution >= 4 is 29.5 Å². The molecular formula is C18H20Cl2N2O2. The van der Waals surface area contributed by atoms with Crippen LogP contribution in [-0.2, 0) is 6.54 Å². The number of imidazole rings is 1. The molecule has 1 saturated carbocycles. The number of nitrogens with zero attached hydrogens (tertiary/aromatic N) is 2. The minimum absolute atomic E-state index is 0.218. The van der Waals surface area contributed by atoms with Crippen molar-refractivity contribution < 1.29 is 9.53 Å². The van der Waals surface area contributed by atoms with Crippen LogP contribution in [-0.4, -0.2) is 22.4 Å². The fourth-order valence-corrected chi connectivity index (χ4v) is 3.66. The van der Waals surface area contributed by atoms with Crippen LogP contribution in [0.3, 0.4) is 0 Å². The van der Waals surface area contributed by atoms with E-state index in [9.17, 15) is 4.79 Å². The number of aldehydes is 1. The van der Waals surface area contributed by atoms with Gasteiger partial charge in [-0.1, -0.05) is 42.1 Å². The number of benzene rings is 1. The van der Waals surface area contributed by atoms with Crippen molar-refractivity contribution in [3.8, 4) is 5.75 Å². The summed E-state index contributed by atoms with van der Waals surface area (Å²) in [5, 5.41) is 0.829. The molecule has 0 atom stereocenters. The van der Waals surface area contributed by atoms with Gasteiger partial charge in [0.1, 0.15) is 17.3 Å². The highest BCUT2D eigenvalue weighted by Gasteiger charge is 2.16. The lowest BCUT2D eigenvalue weighted by molar-refractivity contribution is 0.111. The van der Waals surface area contributed by atoms with E-state index in [4.69, 9.17) is 27.9 Å². The second-order valence-corrected chi connectivity index (χ2v) is 7.02. The van der Waals surface area contributed by atoms with E-state index in [0.717, 1.165) is 24.2 Å². The van der Waals surface area contributed by atoms with Crippen LogP contribution in [0.5, 0.6) is 5.75 Å². The predicted molar refractivity (Wildman–Crippen MR) is 95.4 cm³/mol. The summed E-state index contributed by atoms with van der Waals surface area (Å²) in [5.74, 6) is 2.13. The van der Waals surface area contributed by atoms with Gasteiger partial charge < -0.3 is 9.30 Å². The zero-order valence-corrected chi connectivity index (χ0v) is 15.1. The van der Waals surface area contributed by atoms with Gasteiger partial charge in [0.05, 0.1) is 13.2 Å². The third kappa shape index (κ3) is 3.76. The number of aryl methyl sites for hydroxylation is 1. The molecule has 1 aromatic heterocycles. The molecule has 128 valence electrons.